The zero-order chi connectivity index (χ0) is 15.9. The maximum atomic E-state index is 12.2. The molecule has 0 fully saturated rings. The molecule has 0 aliphatic rings. The van der Waals surface area contributed by atoms with E-state index >= 15 is 0 Å². The molecule has 0 heterocycles. The number of aldehydes is 1. The summed E-state index contributed by atoms with van der Waals surface area (Å²) < 4.78 is 36.7. The van der Waals surface area contributed by atoms with E-state index in [2.05, 4.69) is 4.99 Å². The molecule has 0 saturated heterocycles. The number of rotatable bonds is 6. The quantitative estimate of drug-likeness (QED) is 0.437. The van der Waals surface area contributed by atoms with Crippen LogP contribution in [0.4, 0.5) is 13.2 Å². The molecule has 8 heteroatoms. The second-order valence-corrected chi connectivity index (χ2v) is 4.33. The second kappa shape index (κ2) is 7.56. The molecular formula is C12H19F3N4O. The van der Waals surface area contributed by atoms with Crippen LogP contribution in [0.1, 0.15) is 13.3 Å². The van der Waals surface area contributed by atoms with Gasteiger partial charge in [-0.05, 0) is 6.92 Å². The molecular weight excluding hydrogens is 273 g/mol. The molecule has 5 nitrogen and oxygen atoms in total. The van der Waals surface area contributed by atoms with Crippen molar-refractivity contribution in [2.24, 2.45) is 16.5 Å². The number of aliphatic imine (C=N–C) groups is 1. The minimum Gasteiger partial charge on any atom is -0.403 e. The van der Waals surface area contributed by atoms with Gasteiger partial charge in [0.05, 0.1) is 18.2 Å². The Labute approximate surface area is 115 Å². The Kier molecular flexibility index (Phi) is 6.81. The maximum Gasteiger partial charge on any atom is 0.394 e. The van der Waals surface area contributed by atoms with Gasteiger partial charge < -0.3 is 16.4 Å². The largest absolute Gasteiger partial charge is 0.403 e. The van der Waals surface area contributed by atoms with Crippen LogP contribution in [-0.4, -0.2) is 43.7 Å². The van der Waals surface area contributed by atoms with Crippen molar-refractivity contribution in [3.05, 3.63) is 23.2 Å². The number of hydrogen-bond acceptors (Lipinski definition) is 5. The highest BCUT2D eigenvalue weighted by Crippen LogP contribution is 2.24. The summed E-state index contributed by atoms with van der Waals surface area (Å²) in [4.78, 5) is 16.5. The Morgan fingerprint density at radius 3 is 2.30 bits per heavy atom. The van der Waals surface area contributed by atoms with Crippen molar-refractivity contribution in [1.82, 2.24) is 4.90 Å². The number of carbonyl (C=O) groups excluding carboxylic acids is 1. The summed E-state index contributed by atoms with van der Waals surface area (Å²) in [7, 11) is 3.45. The topological polar surface area (TPSA) is 84.7 Å². The molecule has 1 unspecified atom stereocenters. The van der Waals surface area contributed by atoms with Crippen molar-refractivity contribution < 1.29 is 18.0 Å². The van der Waals surface area contributed by atoms with Gasteiger partial charge in [0, 0.05) is 37.8 Å². The molecule has 0 aliphatic heterocycles. The average molecular weight is 292 g/mol. The standard InChI is InChI=1S/C12H19F3N4O/c1-8(18-6-9(5-16)19(2)3)10(7-20)11(17)4-12(13,14)15/h5-8H,4,16-17H2,1-3H3/b9-5+,11-10+,18-6?. The van der Waals surface area contributed by atoms with Crippen molar-refractivity contribution in [3.8, 4) is 0 Å². The van der Waals surface area contributed by atoms with Gasteiger partial charge in [-0.25, -0.2) is 0 Å². The number of carbonyl (C=O) groups is 1. The van der Waals surface area contributed by atoms with Gasteiger partial charge in [-0.1, -0.05) is 0 Å². The van der Waals surface area contributed by atoms with Crippen molar-refractivity contribution in [2.45, 2.75) is 25.6 Å². The van der Waals surface area contributed by atoms with Gasteiger partial charge in [-0.3, -0.25) is 9.79 Å². The molecule has 0 spiro atoms. The average Bonchev–Trinajstić information content (AvgIpc) is 2.27. The van der Waals surface area contributed by atoms with E-state index in [1.165, 1.54) is 19.3 Å². The predicted octanol–water partition coefficient (Wildman–Crippen LogP) is 1.17. The van der Waals surface area contributed by atoms with E-state index in [-0.39, 0.29) is 5.57 Å². The lowest BCUT2D eigenvalue weighted by atomic mass is 10.1. The van der Waals surface area contributed by atoms with E-state index in [9.17, 15) is 18.0 Å². The van der Waals surface area contributed by atoms with Crippen molar-refractivity contribution in [2.75, 3.05) is 14.1 Å². The highest BCUT2D eigenvalue weighted by molar-refractivity contribution is 5.80. The summed E-state index contributed by atoms with van der Waals surface area (Å²) in [5.41, 5.74) is 10.5. The third-order valence-corrected chi connectivity index (χ3v) is 2.46. The molecule has 0 saturated carbocycles. The van der Waals surface area contributed by atoms with Crippen LogP contribution in [0.15, 0.2) is 28.2 Å². The van der Waals surface area contributed by atoms with Crippen LogP contribution in [0.2, 0.25) is 0 Å². The summed E-state index contributed by atoms with van der Waals surface area (Å²) in [6.07, 6.45) is -2.85. The molecule has 4 N–H and O–H groups in total. The van der Waals surface area contributed by atoms with E-state index in [0.717, 1.165) is 0 Å². The number of hydrogen-bond donors (Lipinski definition) is 2. The SMILES string of the molecule is CC(N=C/C(=C\N)N(C)C)/C(C=O)=C(/N)CC(F)(F)F. The first kappa shape index (κ1) is 18.0. The first-order valence-electron chi connectivity index (χ1n) is 5.75. The first-order valence-corrected chi connectivity index (χ1v) is 5.75. The van der Waals surface area contributed by atoms with Crippen LogP contribution < -0.4 is 11.5 Å². The third kappa shape index (κ3) is 6.26. The first-order chi connectivity index (χ1) is 9.12. The lowest BCUT2D eigenvalue weighted by Gasteiger charge is -2.15. The number of allylic oxidation sites excluding steroid dienone is 2. The van der Waals surface area contributed by atoms with Gasteiger partial charge in [0.2, 0.25) is 0 Å². The van der Waals surface area contributed by atoms with Gasteiger partial charge in [0.25, 0.3) is 0 Å². The van der Waals surface area contributed by atoms with Gasteiger partial charge >= 0.3 is 6.18 Å². The summed E-state index contributed by atoms with van der Waals surface area (Å²) in [5, 5.41) is 0. The zero-order valence-corrected chi connectivity index (χ0v) is 11.6. The summed E-state index contributed by atoms with van der Waals surface area (Å²) in [5.74, 6) is 0. The summed E-state index contributed by atoms with van der Waals surface area (Å²) >= 11 is 0. The van der Waals surface area contributed by atoms with Crippen LogP contribution in [0.3, 0.4) is 0 Å². The monoisotopic (exact) mass is 292 g/mol. The Balaban J connectivity index is 5.14. The lowest BCUT2D eigenvalue weighted by molar-refractivity contribution is -0.127. The highest BCUT2D eigenvalue weighted by atomic mass is 19.4. The van der Waals surface area contributed by atoms with E-state index in [1.807, 2.05) is 0 Å². The second-order valence-electron chi connectivity index (χ2n) is 4.33. The van der Waals surface area contributed by atoms with E-state index in [0.29, 0.717) is 12.0 Å². The predicted molar refractivity (Wildman–Crippen MR) is 71.9 cm³/mol. The Hall–Kier alpha value is -1.99. The number of halogens is 3. The lowest BCUT2D eigenvalue weighted by Crippen LogP contribution is -2.20. The minimum atomic E-state index is -4.46. The fraction of sp³-hybridized carbons (Fsp3) is 0.500. The molecule has 1 atom stereocenters. The number of alkyl halides is 3. The Morgan fingerprint density at radius 2 is 1.95 bits per heavy atom. The van der Waals surface area contributed by atoms with Crippen LogP contribution in [-0.2, 0) is 4.79 Å². The Morgan fingerprint density at radius 1 is 1.40 bits per heavy atom. The minimum absolute atomic E-state index is 0.186. The molecule has 0 bridgehead atoms. The molecule has 0 amide bonds. The maximum absolute atomic E-state index is 12.2. The van der Waals surface area contributed by atoms with Gasteiger partial charge in [0.15, 0.2) is 0 Å². The van der Waals surface area contributed by atoms with Gasteiger partial charge in [0.1, 0.15) is 6.29 Å². The molecule has 0 aromatic rings. The van der Waals surface area contributed by atoms with Crippen molar-refractivity contribution >= 4 is 12.5 Å². The highest BCUT2D eigenvalue weighted by Gasteiger charge is 2.29. The third-order valence-electron chi connectivity index (χ3n) is 2.46. The molecule has 20 heavy (non-hydrogen) atoms. The Bertz CT molecular complexity index is 425. The fourth-order valence-corrected chi connectivity index (χ4v) is 1.34. The number of nitrogens with zero attached hydrogens (tertiary/aromatic N) is 2. The molecule has 0 aromatic heterocycles. The van der Waals surface area contributed by atoms with Crippen molar-refractivity contribution in [1.29, 1.82) is 0 Å². The molecule has 0 radical (unpaired) electrons. The van der Waals surface area contributed by atoms with Crippen LogP contribution in [0.25, 0.3) is 0 Å². The van der Waals surface area contributed by atoms with Crippen LogP contribution >= 0.6 is 0 Å². The summed E-state index contributed by atoms with van der Waals surface area (Å²) in [6, 6.07) is -0.787. The fourth-order valence-electron chi connectivity index (χ4n) is 1.34. The van der Waals surface area contributed by atoms with E-state index in [4.69, 9.17) is 11.5 Å². The molecule has 0 rings (SSSR count). The van der Waals surface area contributed by atoms with Gasteiger partial charge in [-0.2, -0.15) is 13.2 Å². The number of nitrogens with two attached hydrogens (primary N) is 2. The van der Waals surface area contributed by atoms with E-state index in [1.54, 1.807) is 19.0 Å². The van der Waals surface area contributed by atoms with Crippen LogP contribution in [0, 0.1) is 0 Å². The molecule has 0 aliphatic carbocycles. The summed E-state index contributed by atoms with van der Waals surface area (Å²) in [6.45, 7) is 1.48. The zero-order valence-electron chi connectivity index (χ0n) is 11.6. The normalized spacial score (nSPS) is 16.0. The smallest absolute Gasteiger partial charge is 0.394 e. The van der Waals surface area contributed by atoms with Crippen LogP contribution in [0.5, 0.6) is 0 Å². The van der Waals surface area contributed by atoms with E-state index < -0.39 is 24.3 Å². The van der Waals surface area contributed by atoms with Gasteiger partial charge in [-0.15, -0.1) is 0 Å². The molecule has 0 aromatic carbocycles. The molecule has 114 valence electrons. The van der Waals surface area contributed by atoms with Crippen molar-refractivity contribution in [3.63, 3.8) is 0 Å².